The molecule has 0 spiro atoms. The summed E-state index contributed by atoms with van der Waals surface area (Å²) in [5.74, 6) is 0. The van der Waals surface area contributed by atoms with Gasteiger partial charge in [0.2, 0.25) is 0 Å². The minimum absolute atomic E-state index is 0.315. The monoisotopic (exact) mass is 193 g/mol. The molecule has 1 rings (SSSR count). The number of carbonyl (C=O) groups excluding carboxylic acids is 1. The van der Waals surface area contributed by atoms with E-state index in [2.05, 4.69) is 24.3 Å². The van der Waals surface area contributed by atoms with Gasteiger partial charge >= 0.3 is 0 Å². The van der Waals surface area contributed by atoms with E-state index in [0.717, 1.165) is 19.1 Å². The Kier molecular flexibility index (Phi) is 7.75. The predicted octanol–water partition coefficient (Wildman–Crippen LogP) is 2.17. The van der Waals surface area contributed by atoms with E-state index in [1.807, 2.05) is 13.0 Å². The van der Waals surface area contributed by atoms with Crippen molar-refractivity contribution in [2.24, 2.45) is 5.73 Å². The number of carbonyl (C=O) groups is 1. The van der Waals surface area contributed by atoms with Crippen molar-refractivity contribution in [1.29, 1.82) is 0 Å². The van der Waals surface area contributed by atoms with E-state index in [-0.39, 0.29) is 0 Å². The van der Waals surface area contributed by atoms with Gasteiger partial charge in [0, 0.05) is 6.04 Å². The summed E-state index contributed by atoms with van der Waals surface area (Å²) in [5, 5.41) is 0. The second-order valence-electron chi connectivity index (χ2n) is 3.24. The molecule has 2 N–H and O–H groups in total. The molecule has 1 aromatic rings. The highest BCUT2D eigenvalue weighted by Gasteiger charge is 1.94. The van der Waals surface area contributed by atoms with Gasteiger partial charge in [-0.25, -0.2) is 0 Å². The fraction of sp³-hybridized carbons (Fsp3) is 0.417. The maximum atomic E-state index is 8.81. The molecule has 1 aromatic carbocycles. The largest absolute Gasteiger partial charge is 0.328 e. The van der Waals surface area contributed by atoms with Crippen LogP contribution in [0.2, 0.25) is 0 Å². The molecule has 0 aromatic heterocycles. The van der Waals surface area contributed by atoms with Crippen LogP contribution in [0.25, 0.3) is 0 Å². The molecule has 1 atom stereocenters. The fourth-order valence-corrected chi connectivity index (χ4v) is 1.04. The normalized spacial score (nSPS) is 11.1. The number of hydrogen-bond acceptors (Lipinski definition) is 2. The van der Waals surface area contributed by atoms with Crippen LogP contribution in [-0.4, -0.2) is 12.3 Å². The summed E-state index contributed by atoms with van der Waals surface area (Å²) in [6, 6.07) is 10.8. The van der Waals surface area contributed by atoms with E-state index in [9.17, 15) is 0 Å². The summed E-state index contributed by atoms with van der Waals surface area (Å²) in [6.45, 7) is 3.49. The van der Waals surface area contributed by atoms with Crippen LogP contribution in [-0.2, 0) is 11.2 Å². The van der Waals surface area contributed by atoms with Crippen molar-refractivity contribution >= 4 is 6.29 Å². The Morgan fingerprint density at radius 2 is 1.86 bits per heavy atom. The van der Waals surface area contributed by atoms with Crippen LogP contribution in [0.3, 0.4) is 0 Å². The highest BCUT2D eigenvalue weighted by Crippen LogP contribution is 2.02. The lowest BCUT2D eigenvalue weighted by atomic mass is 10.1. The first-order valence-electron chi connectivity index (χ1n) is 4.90. The summed E-state index contributed by atoms with van der Waals surface area (Å²) >= 11 is 0. The molecule has 0 unspecified atom stereocenters. The van der Waals surface area contributed by atoms with Crippen LogP contribution in [0.15, 0.2) is 30.3 Å². The van der Waals surface area contributed by atoms with Gasteiger partial charge in [0.1, 0.15) is 6.29 Å². The Bertz CT molecular complexity index is 231. The Labute approximate surface area is 86.1 Å². The molecule has 0 saturated carbocycles. The number of nitrogens with two attached hydrogens (primary N) is 1. The molecular weight excluding hydrogens is 174 g/mol. The van der Waals surface area contributed by atoms with Crippen LogP contribution >= 0.6 is 0 Å². The molecule has 0 bridgehead atoms. The van der Waals surface area contributed by atoms with E-state index in [0.29, 0.717) is 6.04 Å². The third kappa shape index (κ3) is 7.50. The first-order valence-corrected chi connectivity index (χ1v) is 4.90. The molecule has 2 heteroatoms. The van der Waals surface area contributed by atoms with Gasteiger partial charge in [-0.05, 0) is 32.3 Å². The minimum Gasteiger partial charge on any atom is -0.328 e. The van der Waals surface area contributed by atoms with Crippen molar-refractivity contribution in [1.82, 2.24) is 0 Å². The second kappa shape index (κ2) is 8.45. The van der Waals surface area contributed by atoms with Crippen LogP contribution < -0.4 is 5.73 Å². The summed E-state index contributed by atoms with van der Waals surface area (Å²) < 4.78 is 0. The zero-order valence-corrected chi connectivity index (χ0v) is 8.94. The van der Waals surface area contributed by atoms with Gasteiger partial charge in [0.05, 0.1) is 0 Å². The SMILES string of the molecule is CC=O.C[C@H](N)CCc1ccccc1. The Morgan fingerprint density at radius 3 is 2.29 bits per heavy atom. The van der Waals surface area contributed by atoms with Gasteiger partial charge in [0.15, 0.2) is 0 Å². The van der Waals surface area contributed by atoms with E-state index in [1.54, 1.807) is 0 Å². The third-order valence-electron chi connectivity index (χ3n) is 1.73. The van der Waals surface area contributed by atoms with Crippen LogP contribution in [0.4, 0.5) is 0 Å². The molecule has 2 nitrogen and oxygen atoms in total. The smallest absolute Gasteiger partial charge is 0.116 e. The number of hydrogen-bond donors (Lipinski definition) is 1. The number of rotatable bonds is 3. The lowest BCUT2D eigenvalue weighted by Crippen LogP contribution is -2.15. The quantitative estimate of drug-likeness (QED) is 0.748. The third-order valence-corrected chi connectivity index (χ3v) is 1.73. The maximum absolute atomic E-state index is 8.81. The lowest BCUT2D eigenvalue weighted by Gasteiger charge is -2.03. The highest BCUT2D eigenvalue weighted by molar-refractivity contribution is 5.44. The first-order chi connectivity index (χ1) is 6.70. The van der Waals surface area contributed by atoms with Gasteiger partial charge in [-0.3, -0.25) is 0 Å². The van der Waals surface area contributed by atoms with E-state index >= 15 is 0 Å². The molecule has 0 aliphatic carbocycles. The number of aldehydes is 1. The van der Waals surface area contributed by atoms with E-state index in [4.69, 9.17) is 10.5 Å². The van der Waals surface area contributed by atoms with E-state index in [1.165, 1.54) is 12.5 Å². The summed E-state index contributed by atoms with van der Waals surface area (Å²) in [4.78, 5) is 8.81. The van der Waals surface area contributed by atoms with Gasteiger partial charge in [-0.2, -0.15) is 0 Å². The predicted molar refractivity (Wildman–Crippen MR) is 60.2 cm³/mol. The number of benzene rings is 1. The van der Waals surface area contributed by atoms with Crippen LogP contribution in [0.5, 0.6) is 0 Å². The zero-order valence-electron chi connectivity index (χ0n) is 8.94. The highest BCUT2D eigenvalue weighted by atomic mass is 16.1. The Hall–Kier alpha value is -1.15. The van der Waals surface area contributed by atoms with Gasteiger partial charge in [0.25, 0.3) is 0 Å². The molecule has 0 amide bonds. The lowest BCUT2D eigenvalue weighted by molar-refractivity contribution is -0.106. The van der Waals surface area contributed by atoms with Crippen LogP contribution in [0, 0.1) is 0 Å². The molecule has 0 saturated heterocycles. The van der Waals surface area contributed by atoms with E-state index < -0.39 is 0 Å². The van der Waals surface area contributed by atoms with Crippen LogP contribution in [0.1, 0.15) is 25.8 Å². The Morgan fingerprint density at radius 1 is 1.36 bits per heavy atom. The topological polar surface area (TPSA) is 43.1 Å². The van der Waals surface area contributed by atoms with Crippen molar-refractivity contribution < 1.29 is 4.79 Å². The summed E-state index contributed by atoms with van der Waals surface area (Å²) in [6.07, 6.45) is 2.92. The van der Waals surface area contributed by atoms with Crippen molar-refractivity contribution in [2.45, 2.75) is 32.7 Å². The van der Waals surface area contributed by atoms with Gasteiger partial charge in [-0.1, -0.05) is 30.3 Å². The zero-order chi connectivity index (χ0) is 10.8. The average molecular weight is 193 g/mol. The Balaban J connectivity index is 0.000000500. The second-order valence-corrected chi connectivity index (χ2v) is 3.24. The average Bonchev–Trinajstić information content (AvgIpc) is 2.18. The molecular formula is C12H19NO. The molecule has 14 heavy (non-hydrogen) atoms. The first kappa shape index (κ1) is 12.8. The van der Waals surface area contributed by atoms with Crippen molar-refractivity contribution in [2.75, 3.05) is 0 Å². The van der Waals surface area contributed by atoms with Crippen molar-refractivity contribution in [3.63, 3.8) is 0 Å². The molecule has 0 aliphatic rings. The minimum atomic E-state index is 0.315. The fourth-order valence-electron chi connectivity index (χ4n) is 1.04. The number of aryl methyl sites for hydroxylation is 1. The van der Waals surface area contributed by atoms with Crippen molar-refractivity contribution in [3.05, 3.63) is 35.9 Å². The molecule has 0 aliphatic heterocycles. The van der Waals surface area contributed by atoms with Crippen molar-refractivity contribution in [3.8, 4) is 0 Å². The summed E-state index contributed by atoms with van der Waals surface area (Å²) in [5.41, 5.74) is 7.02. The maximum Gasteiger partial charge on any atom is 0.116 e. The van der Waals surface area contributed by atoms with Gasteiger partial charge in [-0.15, -0.1) is 0 Å². The molecule has 0 heterocycles. The summed E-state index contributed by atoms with van der Waals surface area (Å²) in [7, 11) is 0. The van der Waals surface area contributed by atoms with Gasteiger partial charge < -0.3 is 10.5 Å². The molecule has 78 valence electrons. The molecule has 0 fully saturated rings. The molecule has 0 radical (unpaired) electrons. The standard InChI is InChI=1S/C10H15N.C2H4O/c1-9(11)7-8-10-5-3-2-4-6-10;1-2-3/h2-6,9H,7-8,11H2,1H3;2H,1H3/t9-;/m0./s1.